The van der Waals surface area contributed by atoms with Crippen molar-refractivity contribution in [3.8, 4) is 5.69 Å². The minimum absolute atomic E-state index is 0.278. The lowest BCUT2D eigenvalue weighted by Gasteiger charge is -2.00. The highest BCUT2D eigenvalue weighted by Crippen LogP contribution is 2.11. The molecule has 2 heterocycles. The van der Waals surface area contributed by atoms with Crippen LogP contribution in [0.5, 0.6) is 0 Å². The van der Waals surface area contributed by atoms with Crippen LogP contribution in [0, 0.1) is 6.92 Å². The number of carbonyl (C=O) groups is 1. The fraction of sp³-hybridized carbons (Fsp3) is 0.111. The Morgan fingerprint density at radius 2 is 1.84 bits per heavy atom. The lowest BCUT2D eigenvalue weighted by atomic mass is 10.3. The average molecular weight is 332 g/mol. The zero-order valence-corrected chi connectivity index (χ0v) is 13.6. The van der Waals surface area contributed by atoms with Crippen LogP contribution in [0.2, 0.25) is 0 Å². The first-order chi connectivity index (χ1) is 12.2. The van der Waals surface area contributed by atoms with Gasteiger partial charge in [-0.15, -0.1) is 5.10 Å². The lowest BCUT2D eigenvalue weighted by Crippen LogP contribution is -2.24. The van der Waals surface area contributed by atoms with Crippen molar-refractivity contribution in [1.82, 2.24) is 30.3 Å². The van der Waals surface area contributed by atoms with Crippen LogP contribution in [0.1, 0.15) is 22.0 Å². The molecule has 0 spiro atoms. The smallest absolute Gasteiger partial charge is 0.274 e. The fourth-order valence-electron chi connectivity index (χ4n) is 2.60. The molecule has 0 radical (unpaired) electrons. The van der Waals surface area contributed by atoms with Crippen molar-refractivity contribution in [2.75, 3.05) is 0 Å². The summed E-state index contributed by atoms with van der Waals surface area (Å²) in [4.78, 5) is 21.5. The van der Waals surface area contributed by atoms with Crippen LogP contribution in [-0.2, 0) is 6.54 Å². The first-order valence-electron chi connectivity index (χ1n) is 7.92. The summed E-state index contributed by atoms with van der Waals surface area (Å²) in [6, 6.07) is 17.2. The molecule has 2 N–H and O–H groups in total. The normalized spacial score (nSPS) is 10.9. The number of hydrogen-bond acceptors (Lipinski definition) is 4. The number of hydrogen-bond donors (Lipinski definition) is 2. The molecule has 124 valence electrons. The van der Waals surface area contributed by atoms with Crippen molar-refractivity contribution < 1.29 is 4.79 Å². The summed E-state index contributed by atoms with van der Waals surface area (Å²) in [5.41, 5.74) is 3.50. The topological polar surface area (TPSA) is 88.5 Å². The van der Waals surface area contributed by atoms with Crippen molar-refractivity contribution in [2.45, 2.75) is 13.5 Å². The molecule has 25 heavy (non-hydrogen) atoms. The van der Waals surface area contributed by atoms with E-state index in [1.165, 1.54) is 4.80 Å². The molecule has 0 aliphatic carbocycles. The second-order valence-corrected chi connectivity index (χ2v) is 5.64. The van der Waals surface area contributed by atoms with E-state index in [0.29, 0.717) is 23.8 Å². The van der Waals surface area contributed by atoms with Crippen molar-refractivity contribution in [1.29, 1.82) is 0 Å². The number of aromatic nitrogens is 5. The maximum absolute atomic E-state index is 12.4. The average Bonchev–Trinajstić information content (AvgIpc) is 3.23. The number of nitrogens with zero attached hydrogens (tertiary/aromatic N) is 4. The molecular weight excluding hydrogens is 316 g/mol. The Hall–Kier alpha value is -3.48. The molecule has 7 heteroatoms. The van der Waals surface area contributed by atoms with E-state index < -0.39 is 0 Å². The minimum Gasteiger partial charge on any atom is -0.343 e. The zero-order chi connectivity index (χ0) is 17.2. The predicted molar refractivity (Wildman–Crippen MR) is 93.4 cm³/mol. The maximum Gasteiger partial charge on any atom is 0.274 e. The quantitative estimate of drug-likeness (QED) is 0.600. The number of imidazole rings is 1. The third kappa shape index (κ3) is 2.99. The summed E-state index contributed by atoms with van der Waals surface area (Å²) in [7, 11) is 0. The zero-order valence-electron chi connectivity index (χ0n) is 13.6. The fourth-order valence-corrected chi connectivity index (χ4v) is 2.60. The Balaban J connectivity index is 1.50. The largest absolute Gasteiger partial charge is 0.343 e. The van der Waals surface area contributed by atoms with Crippen LogP contribution in [-0.4, -0.2) is 30.9 Å². The first-order valence-corrected chi connectivity index (χ1v) is 7.92. The molecular formula is C18H16N6O. The Bertz CT molecular complexity index is 1000. The van der Waals surface area contributed by atoms with E-state index in [0.717, 1.165) is 16.7 Å². The van der Waals surface area contributed by atoms with Crippen molar-refractivity contribution in [3.63, 3.8) is 0 Å². The number of aryl methyl sites for hydroxylation is 1. The lowest BCUT2D eigenvalue weighted by molar-refractivity contribution is 0.0944. The van der Waals surface area contributed by atoms with Gasteiger partial charge in [0.25, 0.3) is 5.91 Å². The summed E-state index contributed by atoms with van der Waals surface area (Å²) in [6.07, 6.45) is 0. The summed E-state index contributed by atoms with van der Waals surface area (Å²) < 4.78 is 0. The van der Waals surface area contributed by atoms with Crippen LogP contribution < -0.4 is 5.32 Å². The van der Waals surface area contributed by atoms with Gasteiger partial charge in [0.2, 0.25) is 0 Å². The molecule has 0 aliphatic rings. The maximum atomic E-state index is 12.4. The molecule has 0 unspecified atom stereocenters. The van der Waals surface area contributed by atoms with Crippen LogP contribution in [0.4, 0.5) is 0 Å². The number of H-pyrrole nitrogens is 1. The Labute approximate surface area is 143 Å². The SMILES string of the molecule is Cc1nn(-c2ccccc2)nc1C(=O)NCc1nc2ccccc2[nH]1. The molecule has 7 nitrogen and oxygen atoms in total. The molecule has 4 rings (SSSR count). The number of benzene rings is 2. The predicted octanol–water partition coefficient (Wildman–Crippen LogP) is 2.38. The highest BCUT2D eigenvalue weighted by molar-refractivity contribution is 5.93. The van der Waals surface area contributed by atoms with E-state index in [4.69, 9.17) is 0 Å². The van der Waals surface area contributed by atoms with Gasteiger partial charge in [0.15, 0.2) is 5.69 Å². The van der Waals surface area contributed by atoms with E-state index in [1.807, 2.05) is 54.6 Å². The van der Waals surface area contributed by atoms with Crippen LogP contribution in [0.3, 0.4) is 0 Å². The summed E-state index contributed by atoms with van der Waals surface area (Å²) in [5, 5.41) is 11.4. The molecule has 0 aliphatic heterocycles. The van der Waals surface area contributed by atoms with E-state index in [9.17, 15) is 4.79 Å². The summed E-state index contributed by atoms with van der Waals surface area (Å²) >= 11 is 0. The van der Waals surface area contributed by atoms with Crippen molar-refractivity contribution >= 4 is 16.9 Å². The number of carbonyl (C=O) groups excluding carboxylic acids is 1. The Morgan fingerprint density at radius 1 is 1.08 bits per heavy atom. The molecule has 2 aromatic heterocycles. The van der Waals surface area contributed by atoms with Gasteiger partial charge in [0.05, 0.1) is 29.0 Å². The number of para-hydroxylation sites is 3. The standard InChI is InChI=1S/C18H16N6O/c1-12-17(23-24(22-12)13-7-3-2-4-8-13)18(25)19-11-16-20-14-9-5-6-10-15(14)21-16/h2-10H,11H2,1H3,(H,19,25)(H,20,21). The molecule has 0 fully saturated rings. The highest BCUT2D eigenvalue weighted by Gasteiger charge is 2.16. The number of aromatic amines is 1. The van der Waals surface area contributed by atoms with Gasteiger partial charge in [-0.05, 0) is 31.2 Å². The van der Waals surface area contributed by atoms with Crippen LogP contribution in [0.25, 0.3) is 16.7 Å². The van der Waals surface area contributed by atoms with E-state index in [2.05, 4.69) is 25.5 Å². The highest BCUT2D eigenvalue weighted by atomic mass is 16.2. The van der Waals surface area contributed by atoms with Crippen LogP contribution >= 0.6 is 0 Å². The Morgan fingerprint density at radius 3 is 2.64 bits per heavy atom. The van der Waals surface area contributed by atoms with Gasteiger partial charge >= 0.3 is 0 Å². The third-order valence-electron chi connectivity index (χ3n) is 3.84. The van der Waals surface area contributed by atoms with Crippen molar-refractivity contribution in [3.05, 3.63) is 71.8 Å². The summed E-state index contributed by atoms with van der Waals surface area (Å²) in [6.45, 7) is 2.06. The number of fused-ring (bicyclic) bond motifs is 1. The van der Waals surface area contributed by atoms with Gasteiger partial charge in [-0.1, -0.05) is 30.3 Å². The monoisotopic (exact) mass is 332 g/mol. The van der Waals surface area contributed by atoms with E-state index >= 15 is 0 Å². The second kappa shape index (κ2) is 6.20. The van der Waals surface area contributed by atoms with Crippen molar-refractivity contribution in [2.24, 2.45) is 0 Å². The van der Waals surface area contributed by atoms with Gasteiger partial charge in [0, 0.05) is 0 Å². The summed E-state index contributed by atoms with van der Waals surface area (Å²) in [5.74, 6) is 0.419. The number of amides is 1. The molecule has 0 bridgehead atoms. The van der Waals surface area contributed by atoms with Gasteiger partial charge in [-0.25, -0.2) is 4.98 Å². The Kier molecular flexibility index (Phi) is 3.74. The molecule has 0 atom stereocenters. The van der Waals surface area contributed by atoms with Gasteiger partial charge < -0.3 is 10.3 Å². The minimum atomic E-state index is -0.278. The first kappa shape index (κ1) is 15.1. The van der Waals surface area contributed by atoms with E-state index in [1.54, 1.807) is 6.92 Å². The van der Waals surface area contributed by atoms with Crippen LogP contribution in [0.15, 0.2) is 54.6 Å². The van der Waals surface area contributed by atoms with E-state index in [-0.39, 0.29) is 5.91 Å². The van der Waals surface area contributed by atoms with Gasteiger partial charge in [-0.2, -0.15) is 9.90 Å². The van der Waals surface area contributed by atoms with Gasteiger partial charge in [-0.3, -0.25) is 4.79 Å². The molecule has 0 saturated heterocycles. The second-order valence-electron chi connectivity index (χ2n) is 5.64. The number of nitrogens with one attached hydrogen (secondary N) is 2. The number of rotatable bonds is 4. The third-order valence-corrected chi connectivity index (χ3v) is 3.84. The molecule has 1 amide bonds. The molecule has 4 aromatic rings. The molecule has 0 saturated carbocycles. The van der Waals surface area contributed by atoms with Gasteiger partial charge in [0.1, 0.15) is 5.82 Å². The molecule has 2 aromatic carbocycles.